The highest BCUT2D eigenvalue weighted by Crippen LogP contribution is 2.06. The van der Waals surface area contributed by atoms with Crippen LogP contribution in [0.25, 0.3) is 0 Å². The molecular weight excluding hydrogens is 132 g/mol. The molecule has 0 spiro atoms. The van der Waals surface area contributed by atoms with E-state index >= 15 is 0 Å². The summed E-state index contributed by atoms with van der Waals surface area (Å²) in [5.41, 5.74) is 0. The van der Waals surface area contributed by atoms with Gasteiger partial charge in [0.15, 0.2) is 0 Å². The van der Waals surface area contributed by atoms with Crippen LogP contribution in [-0.4, -0.2) is 0 Å². The van der Waals surface area contributed by atoms with E-state index in [-0.39, 0.29) is 7.43 Å². The lowest BCUT2D eigenvalue weighted by molar-refractivity contribution is 0.611. The average Bonchev–Trinajstić information content (AvgIpc) is 1.97. The highest BCUT2D eigenvalue weighted by Gasteiger charge is 1.86. The zero-order valence-corrected chi connectivity index (χ0v) is 7.73. The first-order valence-corrected chi connectivity index (χ1v) is 4.52. The minimum absolute atomic E-state index is 0. The van der Waals surface area contributed by atoms with Crippen molar-refractivity contribution < 1.29 is 0 Å². The van der Waals surface area contributed by atoms with Crippen LogP contribution in [0.2, 0.25) is 0 Å². The minimum atomic E-state index is 0. The smallest absolute Gasteiger partial charge is 0 e. The molecule has 0 heteroatoms. The van der Waals surface area contributed by atoms with Crippen molar-refractivity contribution in [3.8, 4) is 0 Å². The summed E-state index contributed by atoms with van der Waals surface area (Å²) in [6.07, 6.45) is 11.6. The van der Waals surface area contributed by atoms with Crippen LogP contribution in [0, 0.1) is 7.43 Å². The lowest BCUT2D eigenvalue weighted by atomic mass is 10.1. The summed E-state index contributed by atoms with van der Waals surface area (Å²) in [6, 6.07) is 0. The average molecular weight is 152 g/mol. The van der Waals surface area contributed by atoms with Crippen LogP contribution in [0.4, 0.5) is 0 Å². The Kier molecular flexibility index (Phi) is 15.1. The second-order valence-corrected chi connectivity index (χ2v) is 2.85. The van der Waals surface area contributed by atoms with Crippen LogP contribution in [0.1, 0.15) is 51.9 Å². The van der Waals surface area contributed by atoms with Crippen molar-refractivity contribution in [1.82, 2.24) is 0 Å². The van der Waals surface area contributed by atoms with E-state index in [1.807, 2.05) is 6.08 Å². The third kappa shape index (κ3) is 12.8. The summed E-state index contributed by atoms with van der Waals surface area (Å²) >= 11 is 0. The maximum Gasteiger partial charge on any atom is 0 e. The normalized spacial score (nSPS) is 8.82. The fraction of sp³-hybridized carbons (Fsp3) is 0.727. The summed E-state index contributed by atoms with van der Waals surface area (Å²) in [5, 5.41) is 0. The zero-order chi connectivity index (χ0) is 7.66. The molecule has 0 aliphatic heterocycles. The van der Waals surface area contributed by atoms with Crippen molar-refractivity contribution in [1.29, 1.82) is 0 Å². The number of allylic oxidation sites excluding steroid dienone is 1. The molecule has 0 aliphatic rings. The first-order valence-electron chi connectivity index (χ1n) is 4.52. The first-order chi connectivity index (χ1) is 4.91. The molecule has 4 radical (unpaired) electrons. The predicted octanol–water partition coefficient (Wildman–Crippen LogP) is 4.00. The fourth-order valence-corrected chi connectivity index (χ4v) is 1.07. The Labute approximate surface area is 72.7 Å². The van der Waals surface area contributed by atoms with Gasteiger partial charge in [-0.3, -0.25) is 0 Å². The maximum atomic E-state index is 3.69. The standard InChI is InChI=1S/C10H20.C/c1-3-5-7-9-10-8-6-4-2;/h3H,1,4-10H2,2H3;. The molecule has 0 nitrogen and oxygen atoms in total. The molecule has 0 aromatic carbocycles. The van der Waals surface area contributed by atoms with E-state index in [0.717, 1.165) is 0 Å². The van der Waals surface area contributed by atoms with Crippen molar-refractivity contribution in [2.45, 2.75) is 51.9 Å². The van der Waals surface area contributed by atoms with Gasteiger partial charge in [-0.05, 0) is 12.8 Å². The van der Waals surface area contributed by atoms with Crippen LogP contribution in [0.5, 0.6) is 0 Å². The van der Waals surface area contributed by atoms with Gasteiger partial charge >= 0.3 is 0 Å². The van der Waals surface area contributed by atoms with E-state index in [1.54, 1.807) is 0 Å². The van der Waals surface area contributed by atoms with Crippen LogP contribution < -0.4 is 0 Å². The topological polar surface area (TPSA) is 0 Å². The van der Waals surface area contributed by atoms with Gasteiger partial charge in [-0.2, -0.15) is 0 Å². The Morgan fingerprint density at radius 2 is 1.55 bits per heavy atom. The van der Waals surface area contributed by atoms with Gasteiger partial charge in [0.25, 0.3) is 0 Å². The lowest BCUT2D eigenvalue weighted by Crippen LogP contribution is -1.76. The van der Waals surface area contributed by atoms with E-state index in [1.165, 1.54) is 44.9 Å². The summed E-state index contributed by atoms with van der Waals surface area (Å²) in [7, 11) is 0. The highest BCUT2D eigenvalue weighted by molar-refractivity contribution is 4.65. The Bertz CT molecular complexity index is 64.4. The van der Waals surface area contributed by atoms with Gasteiger partial charge in [0.2, 0.25) is 0 Å². The molecule has 0 aromatic heterocycles. The van der Waals surface area contributed by atoms with Gasteiger partial charge in [0, 0.05) is 7.43 Å². The Morgan fingerprint density at radius 1 is 1.00 bits per heavy atom. The first kappa shape index (κ1) is 13.3. The Balaban J connectivity index is 0. The molecule has 11 heavy (non-hydrogen) atoms. The zero-order valence-electron chi connectivity index (χ0n) is 7.73. The second kappa shape index (κ2) is 12.4. The van der Waals surface area contributed by atoms with Crippen molar-refractivity contribution in [3.63, 3.8) is 0 Å². The highest BCUT2D eigenvalue weighted by atomic mass is 13.9. The van der Waals surface area contributed by atoms with Crippen LogP contribution in [0.3, 0.4) is 0 Å². The lowest BCUT2D eigenvalue weighted by Gasteiger charge is -1.96. The van der Waals surface area contributed by atoms with Gasteiger partial charge in [0.1, 0.15) is 0 Å². The summed E-state index contributed by atoms with van der Waals surface area (Å²) < 4.78 is 0. The molecular formula is C11H20. The van der Waals surface area contributed by atoms with E-state index in [2.05, 4.69) is 13.5 Å². The van der Waals surface area contributed by atoms with Crippen LogP contribution in [0.15, 0.2) is 12.7 Å². The van der Waals surface area contributed by atoms with E-state index in [9.17, 15) is 0 Å². The molecule has 0 N–H and O–H groups in total. The van der Waals surface area contributed by atoms with E-state index in [4.69, 9.17) is 0 Å². The number of hydrogen-bond acceptors (Lipinski definition) is 0. The van der Waals surface area contributed by atoms with Gasteiger partial charge in [-0.15, -0.1) is 6.58 Å². The molecule has 0 aliphatic carbocycles. The summed E-state index contributed by atoms with van der Waals surface area (Å²) in [6.45, 7) is 5.95. The van der Waals surface area contributed by atoms with Crippen molar-refractivity contribution >= 4 is 0 Å². The Morgan fingerprint density at radius 3 is 2.09 bits per heavy atom. The molecule has 0 atom stereocenters. The SMILES string of the molecule is C=CCCCCCCCC.[C]. The van der Waals surface area contributed by atoms with Crippen molar-refractivity contribution in [3.05, 3.63) is 20.1 Å². The molecule has 0 aromatic rings. The quantitative estimate of drug-likeness (QED) is 0.382. The fourth-order valence-electron chi connectivity index (χ4n) is 1.07. The van der Waals surface area contributed by atoms with Crippen molar-refractivity contribution in [2.24, 2.45) is 0 Å². The molecule has 0 rings (SSSR count). The third-order valence-corrected chi connectivity index (χ3v) is 1.76. The maximum absolute atomic E-state index is 3.69. The molecule has 0 unspecified atom stereocenters. The molecule has 0 fully saturated rings. The largest absolute Gasteiger partial charge is 0.103 e. The van der Waals surface area contributed by atoms with E-state index in [0.29, 0.717) is 0 Å². The molecule has 0 heterocycles. The minimum Gasteiger partial charge on any atom is -0.103 e. The van der Waals surface area contributed by atoms with Gasteiger partial charge < -0.3 is 0 Å². The van der Waals surface area contributed by atoms with Gasteiger partial charge in [0.05, 0.1) is 0 Å². The number of unbranched alkanes of at least 4 members (excludes halogenated alkanes) is 6. The molecule has 64 valence electrons. The molecule has 0 bridgehead atoms. The summed E-state index contributed by atoms with van der Waals surface area (Å²) in [5.74, 6) is 0. The number of rotatable bonds is 7. The summed E-state index contributed by atoms with van der Waals surface area (Å²) in [4.78, 5) is 0. The van der Waals surface area contributed by atoms with Gasteiger partial charge in [-0.25, -0.2) is 0 Å². The third-order valence-electron chi connectivity index (χ3n) is 1.76. The van der Waals surface area contributed by atoms with Crippen LogP contribution in [-0.2, 0) is 0 Å². The van der Waals surface area contributed by atoms with E-state index < -0.39 is 0 Å². The molecule has 0 saturated carbocycles. The predicted molar refractivity (Wildman–Crippen MR) is 51.4 cm³/mol. The van der Waals surface area contributed by atoms with Gasteiger partial charge in [-0.1, -0.05) is 45.1 Å². The monoisotopic (exact) mass is 152 g/mol. The molecule has 0 amide bonds. The second-order valence-electron chi connectivity index (χ2n) is 2.85. The number of hydrogen-bond donors (Lipinski definition) is 0. The Hall–Kier alpha value is -0.260. The van der Waals surface area contributed by atoms with Crippen LogP contribution >= 0.6 is 0 Å². The van der Waals surface area contributed by atoms with Crippen molar-refractivity contribution in [2.75, 3.05) is 0 Å². The molecule has 0 saturated heterocycles.